The fourth-order valence-electron chi connectivity index (χ4n) is 2.71. The summed E-state index contributed by atoms with van der Waals surface area (Å²) in [6.07, 6.45) is 2.10. The molecule has 1 aliphatic heterocycles. The van der Waals surface area contributed by atoms with Gasteiger partial charge in [0.15, 0.2) is 0 Å². The third-order valence-corrected chi connectivity index (χ3v) is 6.16. The Labute approximate surface area is 143 Å². The standard InChI is InChI=1S/C14H24N4O3S.ClH/c1-14(2)9-18(6-5-12(14)15)22(20,21)10-7-11(13(19)16-3)17(4)8-10;/h7-8,12H,5-6,9,15H2,1-4H3,(H,16,19);1H. The maximum absolute atomic E-state index is 12.8. The quantitative estimate of drug-likeness (QED) is 0.818. The Hall–Kier alpha value is -1.09. The van der Waals surface area contributed by atoms with Crippen LogP contribution in [0.3, 0.4) is 0 Å². The van der Waals surface area contributed by atoms with Crippen LogP contribution in [0.5, 0.6) is 0 Å². The molecule has 9 heteroatoms. The first kappa shape index (κ1) is 20.0. The number of nitrogens with one attached hydrogen (secondary N) is 1. The van der Waals surface area contributed by atoms with Gasteiger partial charge in [-0.3, -0.25) is 4.79 Å². The van der Waals surface area contributed by atoms with E-state index in [2.05, 4.69) is 5.32 Å². The number of halogens is 1. The van der Waals surface area contributed by atoms with Crippen LogP contribution < -0.4 is 11.1 Å². The van der Waals surface area contributed by atoms with Gasteiger partial charge in [-0.1, -0.05) is 13.8 Å². The molecule has 1 unspecified atom stereocenters. The Morgan fingerprint density at radius 3 is 2.57 bits per heavy atom. The number of hydrogen-bond acceptors (Lipinski definition) is 4. The summed E-state index contributed by atoms with van der Waals surface area (Å²) in [6.45, 7) is 4.72. The average molecular weight is 365 g/mol. The normalized spacial score (nSPS) is 21.5. The molecule has 0 saturated carbocycles. The number of hydrogen-bond donors (Lipinski definition) is 2. The van der Waals surface area contributed by atoms with Crippen molar-refractivity contribution in [3.8, 4) is 0 Å². The van der Waals surface area contributed by atoms with E-state index in [4.69, 9.17) is 5.73 Å². The lowest BCUT2D eigenvalue weighted by Gasteiger charge is -2.41. The van der Waals surface area contributed by atoms with Gasteiger partial charge in [0, 0.05) is 39.4 Å². The number of nitrogens with two attached hydrogens (primary N) is 1. The SMILES string of the molecule is CNC(=O)c1cc(S(=O)(=O)N2CCC(N)C(C)(C)C2)cn1C.Cl. The Morgan fingerprint density at radius 2 is 2.04 bits per heavy atom. The number of amides is 1. The summed E-state index contributed by atoms with van der Waals surface area (Å²) in [7, 11) is -0.459. The summed E-state index contributed by atoms with van der Waals surface area (Å²) >= 11 is 0. The van der Waals surface area contributed by atoms with E-state index < -0.39 is 10.0 Å². The molecular weight excluding hydrogens is 340 g/mol. The number of nitrogens with zero attached hydrogens (tertiary/aromatic N) is 2. The van der Waals surface area contributed by atoms with Crippen molar-refractivity contribution < 1.29 is 13.2 Å². The lowest BCUT2D eigenvalue weighted by Crippen LogP contribution is -2.53. The summed E-state index contributed by atoms with van der Waals surface area (Å²) in [5.41, 5.74) is 6.10. The lowest BCUT2D eigenvalue weighted by molar-refractivity contribution is 0.0955. The number of carbonyl (C=O) groups excluding carboxylic acids is 1. The fourth-order valence-corrected chi connectivity index (χ4v) is 4.41. The Kier molecular flexibility index (Phi) is 5.90. The van der Waals surface area contributed by atoms with Crippen molar-refractivity contribution in [1.82, 2.24) is 14.2 Å². The summed E-state index contributed by atoms with van der Waals surface area (Å²) in [6, 6.07) is 1.39. The Bertz CT molecular complexity index is 684. The number of aryl methyl sites for hydroxylation is 1. The first-order chi connectivity index (χ1) is 10.1. The van der Waals surface area contributed by atoms with E-state index in [9.17, 15) is 13.2 Å². The molecule has 1 saturated heterocycles. The Morgan fingerprint density at radius 1 is 1.43 bits per heavy atom. The maximum atomic E-state index is 12.8. The number of sulfonamides is 1. The number of carbonyl (C=O) groups is 1. The molecule has 0 aliphatic carbocycles. The van der Waals surface area contributed by atoms with Crippen LogP contribution in [0.2, 0.25) is 0 Å². The second kappa shape index (κ2) is 6.80. The maximum Gasteiger partial charge on any atom is 0.267 e. The third-order valence-electron chi connectivity index (χ3n) is 4.35. The predicted molar refractivity (Wildman–Crippen MR) is 91.2 cm³/mol. The molecule has 0 spiro atoms. The smallest absolute Gasteiger partial charge is 0.267 e. The van der Waals surface area contributed by atoms with Gasteiger partial charge in [-0.25, -0.2) is 8.42 Å². The van der Waals surface area contributed by atoms with Crippen LogP contribution in [-0.2, 0) is 17.1 Å². The largest absolute Gasteiger partial charge is 0.354 e. The summed E-state index contributed by atoms with van der Waals surface area (Å²) < 4.78 is 28.6. The van der Waals surface area contributed by atoms with Gasteiger partial charge in [-0.05, 0) is 17.9 Å². The molecule has 0 radical (unpaired) electrons. The molecule has 132 valence electrons. The topological polar surface area (TPSA) is 97.4 Å². The van der Waals surface area contributed by atoms with Crippen LogP contribution >= 0.6 is 12.4 Å². The summed E-state index contributed by atoms with van der Waals surface area (Å²) in [4.78, 5) is 11.9. The van der Waals surface area contributed by atoms with Gasteiger partial charge >= 0.3 is 0 Å². The highest BCUT2D eigenvalue weighted by Crippen LogP contribution is 2.31. The van der Waals surface area contributed by atoms with E-state index in [1.54, 1.807) is 7.05 Å². The van der Waals surface area contributed by atoms with Crippen LogP contribution in [0, 0.1) is 5.41 Å². The van der Waals surface area contributed by atoms with Crippen molar-refractivity contribution in [2.45, 2.75) is 31.2 Å². The first-order valence-electron chi connectivity index (χ1n) is 7.24. The van der Waals surface area contributed by atoms with Crippen molar-refractivity contribution in [2.75, 3.05) is 20.1 Å². The number of rotatable bonds is 3. The molecule has 2 rings (SSSR count). The van der Waals surface area contributed by atoms with Crippen molar-refractivity contribution in [2.24, 2.45) is 18.2 Å². The molecule has 0 bridgehead atoms. The molecule has 1 atom stereocenters. The van der Waals surface area contributed by atoms with Gasteiger partial charge in [-0.2, -0.15) is 4.31 Å². The molecule has 1 aromatic rings. The van der Waals surface area contributed by atoms with Crippen LogP contribution in [0.25, 0.3) is 0 Å². The second-order valence-electron chi connectivity index (χ2n) is 6.47. The van der Waals surface area contributed by atoms with Crippen molar-refractivity contribution in [3.05, 3.63) is 18.0 Å². The molecule has 23 heavy (non-hydrogen) atoms. The van der Waals surface area contributed by atoms with Crippen molar-refractivity contribution >= 4 is 28.3 Å². The van der Waals surface area contributed by atoms with Crippen LogP contribution in [0.15, 0.2) is 17.2 Å². The molecule has 0 aromatic carbocycles. The average Bonchev–Trinajstić information content (AvgIpc) is 2.83. The van der Waals surface area contributed by atoms with E-state index in [-0.39, 0.29) is 34.7 Å². The van der Waals surface area contributed by atoms with E-state index >= 15 is 0 Å². The number of aromatic nitrogens is 1. The summed E-state index contributed by atoms with van der Waals surface area (Å²) in [5, 5.41) is 2.50. The highest BCUT2D eigenvalue weighted by atomic mass is 35.5. The van der Waals surface area contributed by atoms with E-state index in [1.807, 2.05) is 13.8 Å². The van der Waals surface area contributed by atoms with Gasteiger partial charge in [0.1, 0.15) is 10.6 Å². The minimum atomic E-state index is -3.62. The Balaban J connectivity index is 0.00000264. The number of piperidine rings is 1. The molecule has 1 aliphatic rings. The fraction of sp³-hybridized carbons (Fsp3) is 0.643. The molecule has 2 heterocycles. The molecule has 7 nitrogen and oxygen atoms in total. The monoisotopic (exact) mass is 364 g/mol. The zero-order valence-corrected chi connectivity index (χ0v) is 15.5. The molecule has 3 N–H and O–H groups in total. The van der Waals surface area contributed by atoms with Gasteiger partial charge in [0.2, 0.25) is 10.0 Å². The minimum absolute atomic E-state index is 0. The van der Waals surface area contributed by atoms with Gasteiger partial charge in [-0.15, -0.1) is 12.4 Å². The van der Waals surface area contributed by atoms with Gasteiger partial charge in [0.05, 0.1) is 0 Å². The van der Waals surface area contributed by atoms with E-state index in [0.29, 0.717) is 25.2 Å². The molecule has 1 fully saturated rings. The molecule has 1 amide bonds. The zero-order valence-electron chi connectivity index (χ0n) is 13.9. The second-order valence-corrected chi connectivity index (χ2v) is 8.41. The molecule has 1 aromatic heterocycles. The van der Waals surface area contributed by atoms with Crippen LogP contribution in [-0.4, -0.2) is 49.4 Å². The molecular formula is C14H25ClN4O3S. The summed E-state index contributed by atoms with van der Waals surface area (Å²) in [5.74, 6) is -0.315. The van der Waals surface area contributed by atoms with Crippen molar-refractivity contribution in [1.29, 1.82) is 0 Å². The van der Waals surface area contributed by atoms with Gasteiger partial charge in [0.25, 0.3) is 5.91 Å². The highest BCUT2D eigenvalue weighted by Gasteiger charge is 2.39. The van der Waals surface area contributed by atoms with E-state index in [0.717, 1.165) is 0 Å². The highest BCUT2D eigenvalue weighted by molar-refractivity contribution is 7.89. The zero-order chi connectivity index (χ0) is 16.7. The third kappa shape index (κ3) is 3.71. The minimum Gasteiger partial charge on any atom is -0.354 e. The first-order valence-corrected chi connectivity index (χ1v) is 8.68. The lowest BCUT2D eigenvalue weighted by atomic mass is 9.81. The van der Waals surface area contributed by atoms with Crippen LogP contribution in [0.1, 0.15) is 30.8 Å². The van der Waals surface area contributed by atoms with Crippen LogP contribution in [0.4, 0.5) is 0 Å². The van der Waals surface area contributed by atoms with Gasteiger partial charge < -0.3 is 15.6 Å². The van der Waals surface area contributed by atoms with Crippen molar-refractivity contribution in [3.63, 3.8) is 0 Å². The van der Waals surface area contributed by atoms with E-state index in [1.165, 1.54) is 28.2 Å². The predicted octanol–water partition coefficient (Wildman–Crippen LogP) is 0.554.